The van der Waals surface area contributed by atoms with E-state index in [1.165, 1.54) is 6.42 Å². The van der Waals surface area contributed by atoms with E-state index in [9.17, 15) is 15.3 Å². The lowest BCUT2D eigenvalue weighted by Gasteiger charge is -2.45. The predicted octanol–water partition coefficient (Wildman–Crippen LogP) is 2.94. The van der Waals surface area contributed by atoms with E-state index < -0.39 is 0 Å². The lowest BCUT2D eigenvalue weighted by molar-refractivity contribution is 0.0152. The molecule has 3 N–H and O–H groups in total. The van der Waals surface area contributed by atoms with Crippen LogP contribution in [0.3, 0.4) is 0 Å². The second kappa shape index (κ2) is 10.4. The number of rotatable bonds is 9. The van der Waals surface area contributed by atoms with Crippen LogP contribution < -0.4 is 0 Å². The van der Waals surface area contributed by atoms with E-state index in [-0.39, 0.29) is 54.6 Å². The van der Waals surface area contributed by atoms with Crippen molar-refractivity contribution < 1.29 is 15.3 Å². The summed E-state index contributed by atoms with van der Waals surface area (Å²) in [5, 5.41) is 30.3. The molecule has 0 amide bonds. The highest BCUT2D eigenvalue weighted by Crippen LogP contribution is 2.42. The van der Waals surface area contributed by atoms with E-state index in [1.807, 2.05) is 0 Å². The van der Waals surface area contributed by atoms with Gasteiger partial charge in [0.25, 0.3) is 0 Å². The Bertz CT molecular complexity index is 633. The van der Waals surface area contributed by atoms with Gasteiger partial charge in [-0.25, -0.2) is 0 Å². The highest BCUT2D eigenvalue weighted by Gasteiger charge is 2.47. The van der Waals surface area contributed by atoms with Gasteiger partial charge in [0, 0.05) is 41.3 Å². The molecule has 0 spiro atoms. The number of hydrogen-bond acceptors (Lipinski definition) is 6. The van der Waals surface area contributed by atoms with Crippen LogP contribution >= 0.6 is 0 Å². The van der Waals surface area contributed by atoms with E-state index >= 15 is 0 Å². The molecule has 0 radical (unpaired) electrons. The van der Waals surface area contributed by atoms with Crippen LogP contribution in [0, 0.1) is 11.8 Å². The molecule has 0 aromatic carbocycles. The van der Waals surface area contributed by atoms with Crippen LogP contribution in [0.5, 0.6) is 0 Å². The van der Waals surface area contributed by atoms with E-state index in [4.69, 9.17) is 0 Å². The van der Waals surface area contributed by atoms with Crippen molar-refractivity contribution >= 4 is 0 Å². The van der Waals surface area contributed by atoms with E-state index in [1.54, 1.807) is 0 Å². The second-order valence-electron chi connectivity index (χ2n) is 13.5. The third-order valence-corrected chi connectivity index (χ3v) is 9.14. The Kier molecular flexibility index (Phi) is 8.62. The Labute approximate surface area is 203 Å². The first-order chi connectivity index (χ1) is 15.3. The quantitative estimate of drug-likeness (QED) is 0.484. The summed E-state index contributed by atoms with van der Waals surface area (Å²) in [5.41, 5.74) is 0.132. The first-order valence-corrected chi connectivity index (χ1v) is 13.5. The molecule has 3 saturated heterocycles. The fourth-order valence-corrected chi connectivity index (χ4v) is 7.72. The normalized spacial score (nSPS) is 33.5. The number of aliphatic hydroxyl groups excluding tert-OH is 3. The van der Waals surface area contributed by atoms with Crippen LogP contribution in [0.25, 0.3) is 0 Å². The fraction of sp³-hybridized carbons (Fsp3) is 1.00. The van der Waals surface area contributed by atoms with Crippen molar-refractivity contribution in [2.24, 2.45) is 11.8 Å². The molecule has 0 aliphatic carbocycles. The van der Waals surface area contributed by atoms with E-state index in [0.717, 1.165) is 51.7 Å². The minimum Gasteiger partial charge on any atom is -0.395 e. The summed E-state index contributed by atoms with van der Waals surface area (Å²) in [6.45, 7) is 20.0. The Hall–Kier alpha value is -0.240. The van der Waals surface area contributed by atoms with Crippen LogP contribution in [0.1, 0.15) is 87.0 Å². The smallest absolute Gasteiger partial charge is 0.0589 e. The number of hydrogen-bond donors (Lipinski definition) is 3. The van der Waals surface area contributed by atoms with Gasteiger partial charge in [0.2, 0.25) is 0 Å². The van der Waals surface area contributed by atoms with Gasteiger partial charge in [0.05, 0.1) is 19.8 Å². The summed E-state index contributed by atoms with van der Waals surface area (Å²) in [6.07, 6.45) is 6.62. The van der Waals surface area contributed by atoms with Gasteiger partial charge in [0.15, 0.2) is 0 Å². The highest BCUT2D eigenvalue weighted by atomic mass is 16.3. The van der Waals surface area contributed by atoms with Crippen LogP contribution in [-0.2, 0) is 0 Å². The van der Waals surface area contributed by atoms with Gasteiger partial charge < -0.3 is 15.3 Å². The lowest BCUT2D eigenvalue weighted by atomic mass is 9.83. The largest absolute Gasteiger partial charge is 0.395 e. The van der Waals surface area contributed by atoms with Crippen molar-refractivity contribution in [3.05, 3.63) is 0 Å². The van der Waals surface area contributed by atoms with Crippen LogP contribution in [0.2, 0.25) is 0 Å². The summed E-state index contributed by atoms with van der Waals surface area (Å²) >= 11 is 0. The Morgan fingerprint density at radius 1 is 0.697 bits per heavy atom. The van der Waals surface area contributed by atoms with Gasteiger partial charge >= 0.3 is 0 Å². The van der Waals surface area contributed by atoms with Gasteiger partial charge in [-0.05, 0) is 112 Å². The minimum absolute atomic E-state index is 0.0200. The molecule has 3 rings (SSSR count). The molecule has 0 aromatic heterocycles. The molecule has 6 nitrogen and oxygen atoms in total. The molecule has 3 aliphatic heterocycles. The first-order valence-electron chi connectivity index (χ1n) is 13.5. The predicted molar refractivity (Wildman–Crippen MR) is 135 cm³/mol. The molecule has 0 bridgehead atoms. The average Bonchev–Trinajstić information content (AvgIpc) is 3.44. The van der Waals surface area contributed by atoms with Crippen molar-refractivity contribution in [1.82, 2.24) is 14.7 Å². The number of aliphatic hydroxyl groups is 3. The molecule has 0 saturated carbocycles. The van der Waals surface area contributed by atoms with Gasteiger partial charge in [-0.1, -0.05) is 0 Å². The first kappa shape index (κ1) is 27.3. The van der Waals surface area contributed by atoms with Crippen molar-refractivity contribution in [2.75, 3.05) is 39.5 Å². The summed E-state index contributed by atoms with van der Waals surface area (Å²) in [6, 6.07) is 0.740. The molecule has 194 valence electrons. The van der Waals surface area contributed by atoms with Gasteiger partial charge in [-0.2, -0.15) is 0 Å². The molecule has 0 aromatic rings. The van der Waals surface area contributed by atoms with Gasteiger partial charge in [-0.15, -0.1) is 0 Å². The van der Waals surface area contributed by atoms with E-state index in [2.05, 4.69) is 63.2 Å². The average molecular weight is 468 g/mol. The van der Waals surface area contributed by atoms with Crippen LogP contribution in [-0.4, -0.2) is 104 Å². The Morgan fingerprint density at radius 2 is 1.33 bits per heavy atom. The summed E-state index contributed by atoms with van der Waals surface area (Å²) < 4.78 is 0. The Morgan fingerprint density at radius 3 is 1.88 bits per heavy atom. The zero-order chi connectivity index (χ0) is 24.6. The summed E-state index contributed by atoms with van der Waals surface area (Å²) in [4.78, 5) is 7.60. The van der Waals surface area contributed by atoms with Crippen molar-refractivity contribution in [1.29, 1.82) is 0 Å². The maximum Gasteiger partial charge on any atom is 0.0589 e. The molecule has 3 unspecified atom stereocenters. The third kappa shape index (κ3) is 5.95. The summed E-state index contributed by atoms with van der Waals surface area (Å²) in [7, 11) is 0. The van der Waals surface area contributed by atoms with Crippen molar-refractivity contribution in [3.63, 3.8) is 0 Å². The highest BCUT2D eigenvalue weighted by molar-refractivity contribution is 5.02. The maximum atomic E-state index is 10.5. The molecule has 3 heterocycles. The van der Waals surface area contributed by atoms with Gasteiger partial charge in [0.1, 0.15) is 0 Å². The van der Waals surface area contributed by atoms with Crippen LogP contribution in [0.4, 0.5) is 0 Å². The van der Waals surface area contributed by atoms with Crippen molar-refractivity contribution in [2.45, 2.75) is 122 Å². The molecule has 5 atom stereocenters. The zero-order valence-corrected chi connectivity index (χ0v) is 22.6. The maximum absolute atomic E-state index is 10.5. The zero-order valence-electron chi connectivity index (χ0n) is 22.6. The molecular weight excluding hydrogens is 414 g/mol. The molecular formula is C27H53N3O3. The second-order valence-corrected chi connectivity index (χ2v) is 13.5. The molecule has 33 heavy (non-hydrogen) atoms. The minimum atomic E-state index is 0.0200. The SMILES string of the molecule is CC(C)(C)N1CC(CC(C)(C)N2CCC(CC(C)(C)N3CCCC3CO)[C@H]2CO)C[C@@H]1CO. The standard InChI is InChI=1S/C27H53N3O3/c1-25(2,3)30-16-20(13-23(30)18-32)14-26(4,5)29-12-10-21(24(29)19-33)15-27(6,7)28-11-8-9-22(28)17-31/h20-24,31-33H,8-19H2,1-7H3/t20?,21?,22?,23-,24-/m1/s1. The number of likely N-dealkylation sites (tertiary alicyclic amines) is 3. The van der Waals surface area contributed by atoms with Crippen LogP contribution in [0.15, 0.2) is 0 Å². The lowest BCUT2D eigenvalue weighted by Crippen LogP contribution is -2.53. The molecule has 3 fully saturated rings. The van der Waals surface area contributed by atoms with Crippen molar-refractivity contribution in [3.8, 4) is 0 Å². The van der Waals surface area contributed by atoms with E-state index in [0.29, 0.717) is 11.8 Å². The topological polar surface area (TPSA) is 70.4 Å². The Balaban J connectivity index is 1.65. The summed E-state index contributed by atoms with van der Waals surface area (Å²) in [5.74, 6) is 1.05. The molecule has 3 aliphatic rings. The molecule has 6 heteroatoms. The fourth-order valence-electron chi connectivity index (χ4n) is 7.72. The number of nitrogens with zero attached hydrogens (tertiary/aromatic N) is 3. The third-order valence-electron chi connectivity index (χ3n) is 9.14. The monoisotopic (exact) mass is 467 g/mol. The van der Waals surface area contributed by atoms with Gasteiger partial charge in [-0.3, -0.25) is 14.7 Å².